The van der Waals surface area contributed by atoms with E-state index < -0.39 is 0 Å². The molecule has 0 spiro atoms. The fraction of sp³-hybridized carbons (Fsp3) is 0.250. The summed E-state index contributed by atoms with van der Waals surface area (Å²) >= 11 is 0. The zero-order valence-corrected chi connectivity index (χ0v) is 11.1. The van der Waals surface area contributed by atoms with E-state index in [2.05, 4.69) is 0 Å². The number of carbonyl (C=O) groups excluding carboxylic acids is 1. The van der Waals surface area contributed by atoms with Gasteiger partial charge in [0.1, 0.15) is 11.6 Å². The molecule has 0 saturated heterocycles. The lowest BCUT2D eigenvalue weighted by atomic mass is 9.86. The van der Waals surface area contributed by atoms with E-state index in [1.807, 2.05) is 24.3 Å². The largest absolute Gasteiger partial charge is 0.426 e. The lowest BCUT2D eigenvalue weighted by molar-refractivity contribution is -0.141. The van der Waals surface area contributed by atoms with Crippen LogP contribution in [0, 0.1) is 11.3 Å². The molecule has 4 nitrogen and oxygen atoms in total. The van der Waals surface area contributed by atoms with Crippen molar-refractivity contribution in [3.8, 4) is 5.75 Å². The van der Waals surface area contributed by atoms with E-state index in [1.54, 1.807) is 12.1 Å². The predicted molar refractivity (Wildman–Crippen MR) is 77.9 cm³/mol. The standard InChI is InChI=1S/C16H16N2O2/c17-15(18)13-5-4-12-9-14(7-6-11(12)8-13)20-16(19)10-2-1-3-10/h4-10H,1-3H2,(H3,17,18). The van der Waals surface area contributed by atoms with Crippen LogP contribution in [0.15, 0.2) is 36.4 Å². The molecule has 3 rings (SSSR count). The molecule has 102 valence electrons. The Morgan fingerprint density at radius 2 is 1.85 bits per heavy atom. The molecule has 1 aliphatic rings. The van der Waals surface area contributed by atoms with Crippen molar-refractivity contribution in [3.05, 3.63) is 42.0 Å². The van der Waals surface area contributed by atoms with Gasteiger partial charge in [-0.1, -0.05) is 24.6 Å². The SMILES string of the molecule is N=C(N)c1ccc2cc(OC(=O)C3CCC3)ccc2c1. The first-order valence-electron chi connectivity index (χ1n) is 6.73. The summed E-state index contributed by atoms with van der Waals surface area (Å²) < 4.78 is 5.40. The first kappa shape index (κ1) is 12.7. The average Bonchev–Trinajstić information content (AvgIpc) is 2.35. The molecular weight excluding hydrogens is 252 g/mol. The molecule has 0 unspecified atom stereocenters. The van der Waals surface area contributed by atoms with Gasteiger partial charge in [0.15, 0.2) is 0 Å². The van der Waals surface area contributed by atoms with E-state index in [4.69, 9.17) is 15.9 Å². The maximum atomic E-state index is 11.8. The fourth-order valence-electron chi connectivity index (χ4n) is 2.30. The number of nitrogens with one attached hydrogen (secondary N) is 1. The molecule has 0 heterocycles. The smallest absolute Gasteiger partial charge is 0.314 e. The van der Waals surface area contributed by atoms with Crippen LogP contribution in [0.1, 0.15) is 24.8 Å². The Morgan fingerprint density at radius 3 is 2.50 bits per heavy atom. The van der Waals surface area contributed by atoms with Crippen LogP contribution in [0.25, 0.3) is 10.8 Å². The van der Waals surface area contributed by atoms with Gasteiger partial charge in [0.2, 0.25) is 0 Å². The lowest BCUT2D eigenvalue weighted by Gasteiger charge is -2.22. The van der Waals surface area contributed by atoms with E-state index in [9.17, 15) is 4.79 Å². The van der Waals surface area contributed by atoms with Gasteiger partial charge in [0.25, 0.3) is 0 Å². The van der Waals surface area contributed by atoms with Crippen molar-refractivity contribution in [1.82, 2.24) is 0 Å². The number of esters is 1. The Kier molecular flexibility index (Phi) is 3.14. The van der Waals surface area contributed by atoms with Crippen LogP contribution in [0.3, 0.4) is 0 Å². The van der Waals surface area contributed by atoms with Gasteiger partial charge in [-0.3, -0.25) is 10.2 Å². The van der Waals surface area contributed by atoms with Crippen LogP contribution in [-0.2, 0) is 4.79 Å². The molecule has 4 heteroatoms. The van der Waals surface area contributed by atoms with Gasteiger partial charge in [-0.15, -0.1) is 0 Å². The van der Waals surface area contributed by atoms with E-state index >= 15 is 0 Å². The Labute approximate surface area is 117 Å². The topological polar surface area (TPSA) is 76.2 Å². The van der Waals surface area contributed by atoms with Crippen molar-refractivity contribution in [2.75, 3.05) is 0 Å². The molecule has 3 N–H and O–H groups in total. The summed E-state index contributed by atoms with van der Waals surface area (Å²) in [5.74, 6) is 0.569. The van der Waals surface area contributed by atoms with E-state index in [0.717, 1.165) is 30.0 Å². The first-order valence-corrected chi connectivity index (χ1v) is 6.73. The van der Waals surface area contributed by atoms with Gasteiger partial charge in [0.05, 0.1) is 5.92 Å². The number of hydrogen-bond donors (Lipinski definition) is 2. The zero-order valence-electron chi connectivity index (χ0n) is 11.1. The molecule has 0 amide bonds. The third-order valence-electron chi connectivity index (χ3n) is 3.78. The minimum absolute atomic E-state index is 0.0485. The summed E-state index contributed by atoms with van der Waals surface area (Å²) in [6, 6.07) is 11.0. The Balaban J connectivity index is 1.85. The summed E-state index contributed by atoms with van der Waals surface area (Å²) in [7, 11) is 0. The maximum Gasteiger partial charge on any atom is 0.314 e. The number of nitrogen functional groups attached to an aromatic ring is 1. The maximum absolute atomic E-state index is 11.8. The number of fused-ring (bicyclic) bond motifs is 1. The van der Waals surface area contributed by atoms with Crippen LogP contribution in [0.4, 0.5) is 0 Å². The predicted octanol–water partition coefficient (Wildman–Crippen LogP) is 2.83. The molecule has 0 radical (unpaired) electrons. The molecule has 0 bridgehead atoms. The number of amidine groups is 1. The van der Waals surface area contributed by atoms with Gasteiger partial charge < -0.3 is 10.5 Å². The van der Waals surface area contributed by atoms with Gasteiger partial charge in [0, 0.05) is 5.56 Å². The van der Waals surface area contributed by atoms with Crippen molar-refractivity contribution in [2.45, 2.75) is 19.3 Å². The highest BCUT2D eigenvalue weighted by atomic mass is 16.5. The summed E-state index contributed by atoms with van der Waals surface area (Å²) in [5, 5.41) is 9.37. The summed E-state index contributed by atoms with van der Waals surface area (Å²) in [6.45, 7) is 0. The Morgan fingerprint density at radius 1 is 1.15 bits per heavy atom. The molecular formula is C16H16N2O2. The number of benzene rings is 2. The molecule has 2 aromatic carbocycles. The highest BCUT2D eigenvalue weighted by molar-refractivity contribution is 5.99. The van der Waals surface area contributed by atoms with Crippen LogP contribution in [0.5, 0.6) is 5.75 Å². The zero-order chi connectivity index (χ0) is 14.1. The molecule has 0 aliphatic heterocycles. The highest BCUT2D eigenvalue weighted by Crippen LogP contribution is 2.29. The van der Waals surface area contributed by atoms with Gasteiger partial charge >= 0.3 is 5.97 Å². The van der Waals surface area contributed by atoms with Gasteiger partial charge in [-0.25, -0.2) is 0 Å². The van der Waals surface area contributed by atoms with Crippen LogP contribution in [0.2, 0.25) is 0 Å². The third-order valence-corrected chi connectivity index (χ3v) is 3.78. The second-order valence-electron chi connectivity index (χ2n) is 5.19. The monoisotopic (exact) mass is 268 g/mol. The van der Waals surface area contributed by atoms with Crippen molar-refractivity contribution in [3.63, 3.8) is 0 Å². The summed E-state index contributed by atoms with van der Waals surface area (Å²) in [4.78, 5) is 11.8. The minimum atomic E-state index is -0.129. The van der Waals surface area contributed by atoms with Gasteiger partial charge in [-0.2, -0.15) is 0 Å². The van der Waals surface area contributed by atoms with Crippen LogP contribution in [-0.4, -0.2) is 11.8 Å². The quantitative estimate of drug-likeness (QED) is 0.389. The number of ether oxygens (including phenoxy) is 1. The molecule has 20 heavy (non-hydrogen) atoms. The van der Waals surface area contributed by atoms with Gasteiger partial charge in [-0.05, 0) is 41.8 Å². The third kappa shape index (κ3) is 2.37. The fourth-order valence-corrected chi connectivity index (χ4v) is 2.30. The first-order chi connectivity index (χ1) is 9.63. The van der Waals surface area contributed by atoms with Crippen LogP contribution < -0.4 is 10.5 Å². The number of hydrogen-bond acceptors (Lipinski definition) is 3. The molecule has 1 aliphatic carbocycles. The summed E-state index contributed by atoms with van der Waals surface area (Å²) in [5.41, 5.74) is 6.16. The van der Waals surface area contributed by atoms with Crippen LogP contribution >= 0.6 is 0 Å². The normalized spacial score (nSPS) is 14.8. The Hall–Kier alpha value is -2.36. The summed E-state index contributed by atoms with van der Waals surface area (Å²) in [6.07, 6.45) is 2.99. The van der Waals surface area contributed by atoms with Crippen molar-refractivity contribution in [2.24, 2.45) is 11.7 Å². The number of carbonyl (C=O) groups is 1. The van der Waals surface area contributed by atoms with Crippen molar-refractivity contribution >= 4 is 22.6 Å². The molecule has 1 fully saturated rings. The molecule has 0 aromatic heterocycles. The second kappa shape index (κ2) is 4.96. The number of rotatable bonds is 3. The minimum Gasteiger partial charge on any atom is -0.426 e. The average molecular weight is 268 g/mol. The second-order valence-corrected chi connectivity index (χ2v) is 5.19. The van der Waals surface area contributed by atoms with E-state index in [1.165, 1.54) is 0 Å². The highest BCUT2D eigenvalue weighted by Gasteiger charge is 2.27. The Bertz CT molecular complexity index is 690. The van der Waals surface area contributed by atoms with Crippen molar-refractivity contribution in [1.29, 1.82) is 5.41 Å². The van der Waals surface area contributed by atoms with E-state index in [-0.39, 0.29) is 17.7 Å². The molecule has 0 atom stereocenters. The number of nitrogens with two attached hydrogens (primary N) is 1. The molecule has 2 aromatic rings. The van der Waals surface area contributed by atoms with Crippen molar-refractivity contribution < 1.29 is 9.53 Å². The lowest BCUT2D eigenvalue weighted by Crippen LogP contribution is -2.26. The molecule has 1 saturated carbocycles. The van der Waals surface area contributed by atoms with E-state index in [0.29, 0.717) is 11.3 Å².